The van der Waals surface area contributed by atoms with Gasteiger partial charge in [0.1, 0.15) is 0 Å². The van der Waals surface area contributed by atoms with E-state index in [4.69, 9.17) is 18.7 Å². The lowest BCUT2D eigenvalue weighted by Gasteiger charge is -2.20. The SMILES string of the molecule is COc1ccc(CNC(=O)c2cc(-c3cncc(C)c3)nc3onc(C4CCOCC4)c23)nc1OC. The highest BCUT2D eigenvalue weighted by molar-refractivity contribution is 6.07. The summed E-state index contributed by atoms with van der Waals surface area (Å²) >= 11 is 0. The zero-order valence-electron chi connectivity index (χ0n) is 20.4. The number of carbonyl (C=O) groups is 1. The molecule has 0 aromatic carbocycles. The van der Waals surface area contributed by atoms with Gasteiger partial charge in [0.25, 0.3) is 17.5 Å². The molecule has 0 atom stereocenters. The Kier molecular flexibility index (Phi) is 6.77. The molecule has 186 valence electrons. The second-order valence-electron chi connectivity index (χ2n) is 8.64. The van der Waals surface area contributed by atoms with Gasteiger partial charge in [0.15, 0.2) is 5.75 Å². The van der Waals surface area contributed by atoms with Crippen molar-refractivity contribution >= 4 is 17.0 Å². The van der Waals surface area contributed by atoms with Gasteiger partial charge in [0.2, 0.25) is 0 Å². The molecule has 4 aromatic rings. The van der Waals surface area contributed by atoms with Crippen molar-refractivity contribution < 1.29 is 23.5 Å². The predicted octanol–water partition coefficient (Wildman–Crippen LogP) is 3.83. The van der Waals surface area contributed by atoms with Gasteiger partial charge in [-0.1, -0.05) is 5.16 Å². The molecule has 1 N–H and O–H groups in total. The molecule has 0 bridgehead atoms. The topological polar surface area (TPSA) is 121 Å². The molecular weight excluding hydrogens is 462 g/mol. The zero-order valence-corrected chi connectivity index (χ0v) is 20.4. The maximum Gasteiger partial charge on any atom is 0.259 e. The lowest BCUT2D eigenvalue weighted by Crippen LogP contribution is -2.24. The summed E-state index contributed by atoms with van der Waals surface area (Å²) in [5.41, 5.74) is 4.50. The third-order valence-corrected chi connectivity index (χ3v) is 6.22. The van der Waals surface area contributed by atoms with Gasteiger partial charge < -0.3 is 24.1 Å². The Labute approximate surface area is 208 Å². The highest BCUT2D eigenvalue weighted by atomic mass is 16.5. The van der Waals surface area contributed by atoms with E-state index in [2.05, 4.69) is 25.4 Å². The quantitative estimate of drug-likeness (QED) is 0.413. The van der Waals surface area contributed by atoms with Crippen LogP contribution in [0.1, 0.15) is 46.1 Å². The number of hydrogen-bond donors (Lipinski definition) is 1. The van der Waals surface area contributed by atoms with Crippen LogP contribution in [0.2, 0.25) is 0 Å². The molecule has 10 nitrogen and oxygen atoms in total. The number of rotatable bonds is 7. The minimum atomic E-state index is -0.280. The van der Waals surface area contributed by atoms with Crippen LogP contribution in [-0.4, -0.2) is 53.4 Å². The van der Waals surface area contributed by atoms with Gasteiger partial charge in [-0.05, 0) is 49.6 Å². The molecule has 0 saturated carbocycles. The molecule has 5 rings (SSSR count). The summed E-state index contributed by atoms with van der Waals surface area (Å²) < 4.78 is 21.7. The molecule has 1 aliphatic heterocycles. The maximum absolute atomic E-state index is 13.6. The van der Waals surface area contributed by atoms with Crippen molar-refractivity contribution in [2.75, 3.05) is 27.4 Å². The van der Waals surface area contributed by atoms with Crippen LogP contribution in [0.4, 0.5) is 0 Å². The van der Waals surface area contributed by atoms with Crippen LogP contribution >= 0.6 is 0 Å². The fraction of sp³-hybridized carbons (Fsp3) is 0.346. The molecule has 0 radical (unpaired) electrons. The van der Waals surface area contributed by atoms with Crippen LogP contribution in [0.25, 0.3) is 22.4 Å². The standard InChI is InChI=1S/C26H27N5O5/c1-15-10-17(13-27-12-15)20-11-19(22-23(31-36-26(22)30-20)16-6-8-35-9-7-16)24(32)28-14-18-4-5-21(33-2)25(29-18)34-3/h4-5,10-13,16H,6-9,14H2,1-3H3,(H,28,32). The number of methoxy groups -OCH3 is 2. The fourth-order valence-electron chi connectivity index (χ4n) is 4.38. The van der Waals surface area contributed by atoms with E-state index < -0.39 is 0 Å². The number of aryl methyl sites for hydroxylation is 1. The Hall–Kier alpha value is -4.05. The van der Waals surface area contributed by atoms with Crippen LogP contribution in [0.5, 0.6) is 11.6 Å². The van der Waals surface area contributed by atoms with Gasteiger partial charge in [-0.2, -0.15) is 0 Å². The van der Waals surface area contributed by atoms with Crippen molar-refractivity contribution in [3.63, 3.8) is 0 Å². The highest BCUT2D eigenvalue weighted by Gasteiger charge is 2.27. The normalized spacial score (nSPS) is 14.1. The summed E-state index contributed by atoms with van der Waals surface area (Å²) in [4.78, 5) is 26.9. The first-order valence-electron chi connectivity index (χ1n) is 11.7. The number of ether oxygens (including phenoxy) is 3. The van der Waals surface area contributed by atoms with Crippen molar-refractivity contribution in [2.45, 2.75) is 32.2 Å². The number of pyridine rings is 3. The second kappa shape index (κ2) is 10.3. The van der Waals surface area contributed by atoms with Gasteiger partial charge in [0.05, 0.1) is 48.8 Å². The Morgan fingerprint density at radius 1 is 1.11 bits per heavy atom. The summed E-state index contributed by atoms with van der Waals surface area (Å²) in [6.07, 6.45) is 5.10. The van der Waals surface area contributed by atoms with E-state index >= 15 is 0 Å². The Bertz CT molecular complexity index is 1400. The third-order valence-electron chi connectivity index (χ3n) is 6.22. The molecular formula is C26H27N5O5. The van der Waals surface area contributed by atoms with Gasteiger partial charge in [-0.15, -0.1) is 0 Å². The van der Waals surface area contributed by atoms with Crippen molar-refractivity contribution in [2.24, 2.45) is 0 Å². The zero-order chi connectivity index (χ0) is 25.1. The van der Waals surface area contributed by atoms with E-state index in [-0.39, 0.29) is 18.4 Å². The van der Waals surface area contributed by atoms with Gasteiger partial charge in [-0.25, -0.2) is 9.97 Å². The average Bonchev–Trinajstić information content (AvgIpc) is 3.35. The lowest BCUT2D eigenvalue weighted by atomic mass is 9.92. The van der Waals surface area contributed by atoms with E-state index in [1.54, 1.807) is 37.7 Å². The van der Waals surface area contributed by atoms with Gasteiger partial charge in [0, 0.05) is 37.1 Å². The van der Waals surface area contributed by atoms with E-state index in [0.29, 0.717) is 52.9 Å². The van der Waals surface area contributed by atoms with Crippen LogP contribution in [-0.2, 0) is 11.3 Å². The molecule has 1 fully saturated rings. The molecule has 36 heavy (non-hydrogen) atoms. The smallest absolute Gasteiger partial charge is 0.259 e. The van der Waals surface area contributed by atoms with Crippen LogP contribution in [0, 0.1) is 6.92 Å². The molecule has 0 spiro atoms. The van der Waals surface area contributed by atoms with Crippen LogP contribution in [0.15, 0.2) is 41.2 Å². The molecule has 1 saturated heterocycles. The highest BCUT2D eigenvalue weighted by Crippen LogP contribution is 2.35. The van der Waals surface area contributed by atoms with E-state index in [1.165, 1.54) is 7.11 Å². The van der Waals surface area contributed by atoms with Crippen molar-refractivity contribution in [3.8, 4) is 22.9 Å². The largest absolute Gasteiger partial charge is 0.491 e. The van der Waals surface area contributed by atoms with Crippen molar-refractivity contribution in [1.29, 1.82) is 0 Å². The van der Waals surface area contributed by atoms with E-state index in [9.17, 15) is 4.79 Å². The number of amides is 1. The van der Waals surface area contributed by atoms with Crippen LogP contribution in [0.3, 0.4) is 0 Å². The number of nitrogens with zero attached hydrogens (tertiary/aromatic N) is 4. The molecule has 0 aliphatic carbocycles. The lowest BCUT2D eigenvalue weighted by molar-refractivity contribution is 0.0840. The number of nitrogens with one attached hydrogen (secondary N) is 1. The van der Waals surface area contributed by atoms with Crippen LogP contribution < -0.4 is 14.8 Å². The maximum atomic E-state index is 13.6. The number of carbonyl (C=O) groups excluding carboxylic acids is 1. The summed E-state index contributed by atoms with van der Waals surface area (Å²) in [7, 11) is 3.07. The second-order valence-corrected chi connectivity index (χ2v) is 8.64. The van der Waals surface area contributed by atoms with E-state index in [0.717, 1.165) is 29.7 Å². The monoisotopic (exact) mass is 489 g/mol. The third kappa shape index (κ3) is 4.72. The summed E-state index contributed by atoms with van der Waals surface area (Å²) in [6, 6.07) is 7.27. The Morgan fingerprint density at radius 2 is 1.94 bits per heavy atom. The number of fused-ring (bicyclic) bond motifs is 1. The first kappa shape index (κ1) is 23.7. The van der Waals surface area contributed by atoms with Crippen molar-refractivity contribution in [3.05, 3.63) is 59.2 Å². The Morgan fingerprint density at radius 3 is 2.69 bits per heavy atom. The van der Waals surface area contributed by atoms with Gasteiger partial charge >= 0.3 is 0 Å². The van der Waals surface area contributed by atoms with E-state index in [1.807, 2.05) is 13.0 Å². The molecule has 4 aromatic heterocycles. The summed E-state index contributed by atoms with van der Waals surface area (Å²) in [5.74, 6) is 0.723. The number of hydrogen-bond acceptors (Lipinski definition) is 9. The minimum Gasteiger partial charge on any atom is -0.491 e. The first-order valence-corrected chi connectivity index (χ1v) is 11.7. The summed E-state index contributed by atoms with van der Waals surface area (Å²) in [6.45, 7) is 3.44. The molecule has 1 aliphatic rings. The molecule has 0 unspecified atom stereocenters. The van der Waals surface area contributed by atoms with Crippen molar-refractivity contribution in [1.82, 2.24) is 25.4 Å². The average molecular weight is 490 g/mol. The molecule has 10 heteroatoms. The molecule has 1 amide bonds. The van der Waals surface area contributed by atoms with Gasteiger partial charge in [-0.3, -0.25) is 9.78 Å². The first-order chi connectivity index (χ1) is 17.6. The fourth-order valence-corrected chi connectivity index (χ4v) is 4.38. The summed E-state index contributed by atoms with van der Waals surface area (Å²) in [5, 5.41) is 7.94. The Balaban J connectivity index is 1.52. The minimum absolute atomic E-state index is 0.132. The molecule has 5 heterocycles. The predicted molar refractivity (Wildman–Crippen MR) is 131 cm³/mol. The number of aromatic nitrogens is 4.